The van der Waals surface area contributed by atoms with Crippen LogP contribution in [0, 0.1) is 0 Å². The van der Waals surface area contributed by atoms with Crippen molar-refractivity contribution in [1.29, 1.82) is 0 Å². The van der Waals surface area contributed by atoms with Gasteiger partial charge in [0.25, 0.3) is 0 Å². The SMILES string of the molecule is C=PCCCCCCN(C)CCCC. The lowest BCUT2D eigenvalue weighted by Crippen LogP contribution is -2.20. The Morgan fingerprint density at radius 1 is 1.00 bits per heavy atom. The van der Waals surface area contributed by atoms with Gasteiger partial charge in [-0.05, 0) is 45.6 Å². The highest BCUT2D eigenvalue weighted by molar-refractivity contribution is 7.36. The lowest BCUT2D eigenvalue weighted by Gasteiger charge is -2.15. The van der Waals surface area contributed by atoms with E-state index in [0.29, 0.717) is 0 Å². The first-order chi connectivity index (χ1) is 6.81. The van der Waals surface area contributed by atoms with Crippen molar-refractivity contribution < 1.29 is 0 Å². The maximum absolute atomic E-state index is 3.83. The molecule has 2 heteroatoms. The van der Waals surface area contributed by atoms with E-state index >= 15 is 0 Å². The third-order valence-corrected chi connectivity index (χ3v) is 3.13. The zero-order valence-electron chi connectivity index (χ0n) is 9.97. The number of nitrogens with zero attached hydrogens (tertiary/aromatic N) is 1. The molecule has 0 unspecified atom stereocenters. The van der Waals surface area contributed by atoms with Gasteiger partial charge in [-0.25, -0.2) is 0 Å². The molecule has 0 bridgehead atoms. The highest BCUT2D eigenvalue weighted by atomic mass is 31.1. The summed E-state index contributed by atoms with van der Waals surface area (Å²) in [5.74, 6) is 0. The predicted molar refractivity (Wildman–Crippen MR) is 69.8 cm³/mol. The van der Waals surface area contributed by atoms with Crippen LogP contribution in [0.5, 0.6) is 0 Å². The normalized spacial score (nSPS) is 11.4. The molecule has 0 heterocycles. The van der Waals surface area contributed by atoms with Gasteiger partial charge in [-0.2, -0.15) is 0 Å². The van der Waals surface area contributed by atoms with Crippen molar-refractivity contribution >= 4 is 14.5 Å². The molecule has 0 N–H and O–H groups in total. The summed E-state index contributed by atoms with van der Waals surface area (Å²) >= 11 is 0. The van der Waals surface area contributed by atoms with E-state index in [0.717, 1.165) is 0 Å². The van der Waals surface area contributed by atoms with Crippen molar-refractivity contribution in [2.45, 2.75) is 45.4 Å². The zero-order valence-corrected chi connectivity index (χ0v) is 10.9. The second kappa shape index (κ2) is 11.2. The minimum Gasteiger partial charge on any atom is -0.306 e. The van der Waals surface area contributed by atoms with Gasteiger partial charge < -0.3 is 4.90 Å². The summed E-state index contributed by atoms with van der Waals surface area (Å²) in [6.45, 7) is 4.81. The first kappa shape index (κ1) is 14.1. The Morgan fingerprint density at radius 3 is 2.29 bits per heavy atom. The molecule has 0 radical (unpaired) electrons. The Labute approximate surface area is 91.7 Å². The molecule has 0 aliphatic rings. The monoisotopic (exact) mass is 215 g/mol. The first-order valence-electron chi connectivity index (χ1n) is 5.92. The zero-order chi connectivity index (χ0) is 10.6. The standard InChI is InChI=1S/C12H26NP/c1-4-5-10-13(2)11-8-6-7-9-12-14-3/h3-12H2,1-2H3. The number of rotatable bonds is 10. The van der Waals surface area contributed by atoms with Gasteiger partial charge >= 0.3 is 0 Å². The van der Waals surface area contributed by atoms with Crippen LogP contribution in [0.2, 0.25) is 0 Å². The highest BCUT2D eigenvalue weighted by Gasteiger charge is 1.96. The number of unbranched alkanes of at least 4 members (excludes halogenated alkanes) is 4. The Balaban J connectivity index is 3.06. The smallest absolute Gasteiger partial charge is 0.00218 e. The second-order valence-corrected chi connectivity index (χ2v) is 4.91. The maximum atomic E-state index is 3.83. The van der Waals surface area contributed by atoms with Crippen molar-refractivity contribution in [2.75, 3.05) is 26.3 Å². The van der Waals surface area contributed by atoms with Gasteiger partial charge in [0, 0.05) is 0 Å². The summed E-state index contributed by atoms with van der Waals surface area (Å²) in [5, 5.41) is 0. The van der Waals surface area contributed by atoms with Crippen molar-refractivity contribution in [3.05, 3.63) is 0 Å². The first-order valence-corrected chi connectivity index (χ1v) is 7.18. The van der Waals surface area contributed by atoms with Gasteiger partial charge in [0.15, 0.2) is 0 Å². The largest absolute Gasteiger partial charge is 0.306 e. The van der Waals surface area contributed by atoms with E-state index in [9.17, 15) is 0 Å². The molecule has 0 aromatic carbocycles. The summed E-state index contributed by atoms with van der Waals surface area (Å²) in [7, 11) is 3.55. The molecule has 84 valence electrons. The Bertz CT molecular complexity index is 125. The van der Waals surface area contributed by atoms with Crippen LogP contribution in [0.1, 0.15) is 45.4 Å². The lowest BCUT2D eigenvalue weighted by molar-refractivity contribution is 0.319. The van der Waals surface area contributed by atoms with Crippen LogP contribution in [-0.4, -0.2) is 37.5 Å². The Morgan fingerprint density at radius 2 is 1.64 bits per heavy atom. The van der Waals surface area contributed by atoms with Gasteiger partial charge in [0.1, 0.15) is 0 Å². The fourth-order valence-electron chi connectivity index (χ4n) is 1.50. The van der Waals surface area contributed by atoms with Gasteiger partial charge in [0.05, 0.1) is 0 Å². The molecule has 0 amide bonds. The van der Waals surface area contributed by atoms with Crippen LogP contribution < -0.4 is 0 Å². The average molecular weight is 215 g/mol. The van der Waals surface area contributed by atoms with E-state index in [1.165, 1.54) is 66.0 Å². The van der Waals surface area contributed by atoms with Crippen molar-refractivity contribution in [3.8, 4) is 0 Å². The number of hydrogen-bond donors (Lipinski definition) is 0. The van der Waals surface area contributed by atoms with E-state index in [1.807, 2.05) is 0 Å². The maximum Gasteiger partial charge on any atom is -0.00218 e. The molecule has 14 heavy (non-hydrogen) atoms. The molecule has 0 aliphatic carbocycles. The summed E-state index contributed by atoms with van der Waals surface area (Å²) in [6.07, 6.45) is 13.3. The molecule has 1 nitrogen and oxygen atoms in total. The third kappa shape index (κ3) is 10.2. The highest BCUT2D eigenvalue weighted by Crippen LogP contribution is 2.05. The lowest BCUT2D eigenvalue weighted by atomic mass is 10.2. The molecule has 0 rings (SSSR count). The van der Waals surface area contributed by atoms with Gasteiger partial charge in [-0.1, -0.05) is 32.5 Å². The molecule has 0 aromatic heterocycles. The summed E-state index contributed by atoms with van der Waals surface area (Å²) in [6, 6.07) is 0. The van der Waals surface area contributed by atoms with E-state index in [1.54, 1.807) is 0 Å². The van der Waals surface area contributed by atoms with Crippen molar-refractivity contribution in [1.82, 2.24) is 4.90 Å². The second-order valence-electron chi connectivity index (χ2n) is 4.02. The molecule has 0 spiro atoms. The molecule has 0 aliphatic heterocycles. The van der Waals surface area contributed by atoms with Crippen LogP contribution >= 0.6 is 8.20 Å². The van der Waals surface area contributed by atoms with E-state index in [4.69, 9.17) is 0 Å². The molecular weight excluding hydrogens is 189 g/mol. The van der Waals surface area contributed by atoms with Gasteiger partial charge in [-0.15, -0.1) is 8.20 Å². The van der Waals surface area contributed by atoms with E-state index < -0.39 is 0 Å². The average Bonchev–Trinajstić information content (AvgIpc) is 2.20. The Kier molecular flexibility index (Phi) is 11.3. The van der Waals surface area contributed by atoms with Crippen LogP contribution in [0.15, 0.2) is 0 Å². The fraction of sp³-hybridized carbons (Fsp3) is 0.917. The minimum atomic E-state index is 1.27. The molecule has 0 fully saturated rings. The Hall–Kier alpha value is 0.130. The summed E-state index contributed by atoms with van der Waals surface area (Å²) in [5.41, 5.74) is 0. The van der Waals surface area contributed by atoms with Gasteiger partial charge in [0.2, 0.25) is 0 Å². The molecule has 0 atom stereocenters. The minimum absolute atomic E-state index is 1.27. The summed E-state index contributed by atoms with van der Waals surface area (Å²) < 4.78 is 0. The number of hydrogen-bond acceptors (Lipinski definition) is 1. The fourth-order valence-corrected chi connectivity index (χ4v) is 1.95. The topological polar surface area (TPSA) is 3.24 Å². The quantitative estimate of drug-likeness (QED) is 0.397. The van der Waals surface area contributed by atoms with E-state index in [-0.39, 0.29) is 0 Å². The predicted octanol–water partition coefficient (Wildman–Crippen LogP) is 3.66. The third-order valence-electron chi connectivity index (χ3n) is 2.50. The van der Waals surface area contributed by atoms with Crippen molar-refractivity contribution in [3.63, 3.8) is 0 Å². The van der Waals surface area contributed by atoms with Crippen LogP contribution in [0.3, 0.4) is 0 Å². The van der Waals surface area contributed by atoms with Gasteiger partial charge in [-0.3, -0.25) is 0 Å². The van der Waals surface area contributed by atoms with Crippen LogP contribution in [-0.2, 0) is 0 Å². The van der Waals surface area contributed by atoms with Crippen LogP contribution in [0.25, 0.3) is 0 Å². The molecule has 0 aromatic rings. The summed E-state index contributed by atoms with van der Waals surface area (Å²) in [4.78, 5) is 2.46. The van der Waals surface area contributed by atoms with Crippen LogP contribution in [0.4, 0.5) is 0 Å². The molecule has 0 saturated carbocycles. The molecule has 0 saturated heterocycles. The van der Waals surface area contributed by atoms with E-state index in [2.05, 4.69) is 25.2 Å². The molecular formula is C12H26NP. The van der Waals surface area contributed by atoms with Crippen molar-refractivity contribution in [2.24, 2.45) is 0 Å².